The molecule has 0 spiro atoms. The van der Waals surface area contributed by atoms with Crippen LogP contribution < -0.4 is 0 Å². The Balaban J connectivity index is 1.63. The highest BCUT2D eigenvalue weighted by atomic mass is 32.1. The second kappa shape index (κ2) is 10.8. The number of amides is 1. The summed E-state index contributed by atoms with van der Waals surface area (Å²) in [5.74, 6) is -0.131. The molecule has 0 unspecified atom stereocenters. The molecule has 7 nitrogen and oxygen atoms in total. The van der Waals surface area contributed by atoms with Gasteiger partial charge in [0, 0.05) is 56.8 Å². The first kappa shape index (κ1) is 21.9. The number of benzene rings is 1. The van der Waals surface area contributed by atoms with E-state index in [0.29, 0.717) is 0 Å². The maximum atomic E-state index is 12.4. The number of hydrogen-bond acceptors (Lipinski definition) is 7. The number of aromatic nitrogens is 1. The lowest BCUT2D eigenvalue weighted by atomic mass is 10.1. The van der Waals surface area contributed by atoms with Crippen LogP contribution in [-0.2, 0) is 17.8 Å². The number of nitrogens with zero attached hydrogens (tertiary/aromatic N) is 4. The molecule has 158 valence electrons. The summed E-state index contributed by atoms with van der Waals surface area (Å²) < 4.78 is 0. The van der Waals surface area contributed by atoms with Crippen LogP contribution in [0.15, 0.2) is 29.6 Å². The van der Waals surface area contributed by atoms with Crippen LogP contribution in [0.5, 0.6) is 0 Å². The average molecular weight is 419 g/mol. The molecule has 0 atom stereocenters. The smallest absolute Gasteiger partial charge is 0.228 e. The number of thiazole rings is 1. The zero-order valence-corrected chi connectivity index (χ0v) is 17.8. The Labute approximate surface area is 176 Å². The van der Waals surface area contributed by atoms with Crippen molar-refractivity contribution in [2.45, 2.75) is 13.0 Å². The monoisotopic (exact) mass is 418 g/mol. The van der Waals surface area contributed by atoms with Gasteiger partial charge in [-0.15, -0.1) is 11.3 Å². The van der Waals surface area contributed by atoms with Gasteiger partial charge in [0.05, 0.1) is 25.3 Å². The predicted molar refractivity (Wildman–Crippen MR) is 115 cm³/mol. The van der Waals surface area contributed by atoms with E-state index in [4.69, 9.17) is 10.2 Å². The number of likely N-dealkylation sites (N-methyl/N-ethyl adjacent to an activating group) is 1. The fraction of sp³-hybridized carbons (Fsp3) is 0.524. The minimum atomic E-state index is -0.131. The fourth-order valence-electron chi connectivity index (χ4n) is 3.46. The highest BCUT2D eigenvalue weighted by Gasteiger charge is 2.16. The summed E-state index contributed by atoms with van der Waals surface area (Å²) in [7, 11) is 2.16. The molecule has 0 bridgehead atoms. The van der Waals surface area contributed by atoms with E-state index < -0.39 is 0 Å². The normalized spacial score (nSPS) is 15.6. The second-order valence-electron chi connectivity index (χ2n) is 7.43. The molecule has 2 aromatic rings. The van der Waals surface area contributed by atoms with Crippen LogP contribution in [0.1, 0.15) is 11.3 Å². The third kappa shape index (κ3) is 6.32. The van der Waals surface area contributed by atoms with E-state index in [-0.39, 0.29) is 38.6 Å². The Morgan fingerprint density at radius 3 is 2.59 bits per heavy atom. The largest absolute Gasteiger partial charge is 0.395 e. The van der Waals surface area contributed by atoms with Crippen LogP contribution in [0.2, 0.25) is 0 Å². The van der Waals surface area contributed by atoms with Gasteiger partial charge >= 0.3 is 0 Å². The molecule has 8 heteroatoms. The molecule has 1 aromatic carbocycles. The van der Waals surface area contributed by atoms with Gasteiger partial charge in [-0.2, -0.15) is 0 Å². The van der Waals surface area contributed by atoms with Crippen molar-refractivity contribution < 1.29 is 15.0 Å². The van der Waals surface area contributed by atoms with E-state index in [1.54, 1.807) is 0 Å². The molecule has 1 aromatic heterocycles. The molecule has 0 aliphatic carbocycles. The van der Waals surface area contributed by atoms with Gasteiger partial charge in [-0.25, -0.2) is 4.98 Å². The van der Waals surface area contributed by atoms with Crippen LogP contribution in [0.25, 0.3) is 10.6 Å². The summed E-state index contributed by atoms with van der Waals surface area (Å²) in [5.41, 5.74) is 3.07. The van der Waals surface area contributed by atoms with Crippen molar-refractivity contribution >= 4 is 17.2 Å². The van der Waals surface area contributed by atoms with Gasteiger partial charge in [-0.3, -0.25) is 9.69 Å². The van der Waals surface area contributed by atoms with E-state index in [0.717, 1.165) is 49.0 Å². The van der Waals surface area contributed by atoms with E-state index in [1.165, 1.54) is 21.8 Å². The highest BCUT2D eigenvalue weighted by Crippen LogP contribution is 2.25. The molecular weight excluding hydrogens is 388 g/mol. The minimum absolute atomic E-state index is 0.117. The van der Waals surface area contributed by atoms with Crippen molar-refractivity contribution in [3.8, 4) is 10.6 Å². The quantitative estimate of drug-likeness (QED) is 0.630. The lowest BCUT2D eigenvalue weighted by Crippen LogP contribution is -2.43. The van der Waals surface area contributed by atoms with Gasteiger partial charge in [-0.05, 0) is 18.7 Å². The number of carbonyl (C=O) groups excluding carboxylic acids is 1. The average Bonchev–Trinajstić information content (AvgIpc) is 3.18. The molecule has 1 saturated heterocycles. The molecule has 29 heavy (non-hydrogen) atoms. The van der Waals surface area contributed by atoms with Crippen LogP contribution in [-0.4, -0.2) is 95.3 Å². The number of aliphatic hydroxyl groups is 2. The zero-order valence-electron chi connectivity index (χ0n) is 17.0. The molecule has 0 radical (unpaired) electrons. The summed E-state index contributed by atoms with van der Waals surface area (Å²) in [5, 5.41) is 21.0. The summed E-state index contributed by atoms with van der Waals surface area (Å²) in [4.78, 5) is 23.3. The lowest BCUT2D eigenvalue weighted by Gasteiger charge is -2.32. The van der Waals surface area contributed by atoms with Crippen LogP contribution in [0.3, 0.4) is 0 Å². The number of aliphatic hydroxyl groups excluding tert-OH is 2. The summed E-state index contributed by atoms with van der Waals surface area (Å²) in [6.07, 6.45) is 0.178. The first-order valence-electron chi connectivity index (χ1n) is 10.0. The lowest BCUT2D eigenvalue weighted by molar-refractivity contribution is -0.131. The number of carbonyl (C=O) groups is 1. The van der Waals surface area contributed by atoms with Crippen LogP contribution in [0.4, 0.5) is 0 Å². The van der Waals surface area contributed by atoms with Gasteiger partial charge in [-0.1, -0.05) is 18.2 Å². The molecule has 0 saturated carbocycles. The zero-order chi connectivity index (χ0) is 20.6. The van der Waals surface area contributed by atoms with Gasteiger partial charge in [0.1, 0.15) is 5.01 Å². The fourth-order valence-corrected chi connectivity index (χ4v) is 4.27. The number of piperazine rings is 1. The maximum absolute atomic E-state index is 12.4. The molecule has 1 aliphatic heterocycles. The van der Waals surface area contributed by atoms with Gasteiger partial charge in [0.15, 0.2) is 0 Å². The Bertz CT molecular complexity index is 784. The standard InChI is InChI=1S/C21H30N4O3S/c1-23-5-7-24(8-6-23)15-17-3-2-4-18(13-17)21-22-19(16-29-21)14-20(28)25(9-11-26)10-12-27/h2-4,13,16,26-27H,5-12,14-15H2,1H3. The van der Waals surface area contributed by atoms with E-state index >= 15 is 0 Å². The molecular formula is C21H30N4O3S. The highest BCUT2D eigenvalue weighted by molar-refractivity contribution is 7.13. The maximum Gasteiger partial charge on any atom is 0.228 e. The van der Waals surface area contributed by atoms with Crippen molar-refractivity contribution in [1.82, 2.24) is 19.7 Å². The summed E-state index contributed by atoms with van der Waals surface area (Å²) >= 11 is 1.54. The Morgan fingerprint density at radius 2 is 1.90 bits per heavy atom. The molecule has 2 heterocycles. The first-order chi connectivity index (χ1) is 14.1. The van der Waals surface area contributed by atoms with Gasteiger partial charge < -0.3 is 20.0 Å². The van der Waals surface area contributed by atoms with Crippen LogP contribution >= 0.6 is 11.3 Å². The summed E-state index contributed by atoms with van der Waals surface area (Å²) in [6, 6.07) is 8.47. The third-order valence-corrected chi connectivity index (χ3v) is 6.09. The van der Waals surface area contributed by atoms with E-state index in [2.05, 4.69) is 46.1 Å². The number of rotatable bonds is 9. The Kier molecular flexibility index (Phi) is 8.14. The third-order valence-electron chi connectivity index (χ3n) is 5.15. The van der Waals surface area contributed by atoms with Crippen LogP contribution in [0, 0.1) is 0 Å². The summed E-state index contributed by atoms with van der Waals surface area (Å²) in [6.45, 7) is 5.54. The molecule has 3 rings (SSSR count). The number of hydrogen-bond donors (Lipinski definition) is 2. The topological polar surface area (TPSA) is 80.1 Å². The van der Waals surface area contributed by atoms with Crippen molar-refractivity contribution in [2.24, 2.45) is 0 Å². The van der Waals surface area contributed by atoms with E-state index in [9.17, 15) is 4.79 Å². The first-order valence-corrected chi connectivity index (χ1v) is 10.9. The molecule has 1 fully saturated rings. The van der Waals surface area contributed by atoms with Crippen molar-refractivity contribution in [2.75, 3.05) is 59.5 Å². The van der Waals surface area contributed by atoms with Gasteiger partial charge in [0.25, 0.3) is 0 Å². The Hall–Kier alpha value is -1.84. The SMILES string of the molecule is CN1CCN(Cc2cccc(-c3nc(CC(=O)N(CCO)CCO)cs3)c2)CC1. The van der Waals surface area contributed by atoms with Crippen molar-refractivity contribution in [1.29, 1.82) is 0 Å². The minimum Gasteiger partial charge on any atom is -0.395 e. The Morgan fingerprint density at radius 1 is 1.17 bits per heavy atom. The van der Waals surface area contributed by atoms with Gasteiger partial charge in [0.2, 0.25) is 5.91 Å². The second-order valence-corrected chi connectivity index (χ2v) is 8.29. The predicted octanol–water partition coefficient (Wildman–Crippen LogP) is 0.913. The molecule has 2 N–H and O–H groups in total. The van der Waals surface area contributed by atoms with Crippen molar-refractivity contribution in [3.05, 3.63) is 40.9 Å². The van der Waals surface area contributed by atoms with E-state index in [1.807, 2.05) is 5.38 Å². The molecule has 1 amide bonds. The van der Waals surface area contributed by atoms with Crippen molar-refractivity contribution in [3.63, 3.8) is 0 Å². The molecule has 1 aliphatic rings.